The van der Waals surface area contributed by atoms with Crippen LogP contribution in [0.4, 0.5) is 5.69 Å². The van der Waals surface area contributed by atoms with E-state index >= 15 is 0 Å². The topological polar surface area (TPSA) is 75.7 Å². The summed E-state index contributed by atoms with van der Waals surface area (Å²) in [5.74, 6) is 0.176. The molecule has 0 saturated heterocycles. The largest absolute Gasteiger partial charge is 0.481 e. The molecule has 1 N–H and O–H groups in total. The van der Waals surface area contributed by atoms with E-state index < -0.39 is 16.1 Å². The molecule has 27 heavy (non-hydrogen) atoms. The third kappa shape index (κ3) is 5.00. The molecule has 0 saturated carbocycles. The van der Waals surface area contributed by atoms with Crippen molar-refractivity contribution in [1.29, 1.82) is 0 Å². The first kappa shape index (κ1) is 21.2. The zero-order valence-electron chi connectivity index (χ0n) is 15.9. The minimum atomic E-state index is -3.59. The Labute approximate surface area is 165 Å². The maximum absolute atomic E-state index is 12.5. The molecule has 1 atom stereocenters. The zero-order chi connectivity index (χ0) is 20.4. The molecular formula is C19H23ClN2O4S. The molecule has 1 amide bonds. The van der Waals surface area contributed by atoms with Gasteiger partial charge in [0.25, 0.3) is 5.91 Å². The highest BCUT2D eigenvalue weighted by atomic mass is 35.5. The average Bonchev–Trinajstić information content (AvgIpc) is 2.58. The average molecular weight is 411 g/mol. The Balaban J connectivity index is 2.19. The van der Waals surface area contributed by atoms with Gasteiger partial charge >= 0.3 is 0 Å². The summed E-state index contributed by atoms with van der Waals surface area (Å²) < 4.78 is 31.4. The van der Waals surface area contributed by atoms with E-state index in [1.54, 1.807) is 38.1 Å². The van der Waals surface area contributed by atoms with Crippen molar-refractivity contribution in [2.24, 2.45) is 0 Å². The number of carbonyl (C=O) groups is 1. The second-order valence-corrected chi connectivity index (χ2v) is 9.01. The number of anilines is 1. The Bertz CT molecular complexity index is 958. The molecule has 1 unspecified atom stereocenters. The first-order valence-electron chi connectivity index (χ1n) is 8.29. The smallest absolute Gasteiger partial charge is 0.265 e. The van der Waals surface area contributed by atoms with Crippen LogP contribution in [0.5, 0.6) is 5.75 Å². The summed E-state index contributed by atoms with van der Waals surface area (Å²) in [5.41, 5.74) is 1.99. The number of carbonyl (C=O) groups excluding carboxylic acids is 1. The minimum Gasteiger partial charge on any atom is -0.481 e. The molecule has 0 aliphatic carbocycles. The molecule has 0 aliphatic rings. The van der Waals surface area contributed by atoms with Gasteiger partial charge < -0.3 is 10.1 Å². The molecule has 0 spiro atoms. The van der Waals surface area contributed by atoms with E-state index in [9.17, 15) is 13.2 Å². The van der Waals surface area contributed by atoms with Gasteiger partial charge in [-0.05, 0) is 62.2 Å². The summed E-state index contributed by atoms with van der Waals surface area (Å²) in [6.45, 7) is 5.25. The van der Waals surface area contributed by atoms with E-state index in [0.29, 0.717) is 16.5 Å². The molecule has 2 aromatic rings. The molecule has 0 bridgehead atoms. The standard InChI is InChI=1S/C19H23ClN2O4S/c1-12-6-8-16(27(24,25)22(4)5)11-17(12)21-19(23)14(3)26-18-9-7-15(20)10-13(18)2/h6-11,14H,1-5H3,(H,21,23). The summed E-state index contributed by atoms with van der Waals surface area (Å²) in [4.78, 5) is 12.6. The highest BCUT2D eigenvalue weighted by Gasteiger charge is 2.21. The number of hydrogen-bond acceptors (Lipinski definition) is 4. The molecule has 0 aromatic heterocycles. The number of sulfonamides is 1. The maximum atomic E-state index is 12.5. The third-order valence-electron chi connectivity index (χ3n) is 4.06. The number of rotatable bonds is 6. The van der Waals surface area contributed by atoms with Gasteiger partial charge in [0, 0.05) is 24.8 Å². The van der Waals surface area contributed by atoms with Crippen LogP contribution in [0.15, 0.2) is 41.3 Å². The van der Waals surface area contributed by atoms with E-state index in [1.807, 2.05) is 6.92 Å². The first-order chi connectivity index (χ1) is 12.5. The van der Waals surface area contributed by atoms with Crippen LogP contribution >= 0.6 is 11.6 Å². The fourth-order valence-electron chi connectivity index (χ4n) is 2.33. The molecule has 8 heteroatoms. The van der Waals surface area contributed by atoms with Crippen molar-refractivity contribution in [3.63, 3.8) is 0 Å². The summed E-state index contributed by atoms with van der Waals surface area (Å²) in [5, 5.41) is 3.33. The lowest BCUT2D eigenvalue weighted by Gasteiger charge is -2.18. The maximum Gasteiger partial charge on any atom is 0.265 e. The van der Waals surface area contributed by atoms with Crippen LogP contribution in [0, 0.1) is 13.8 Å². The second-order valence-electron chi connectivity index (χ2n) is 6.42. The molecule has 0 aliphatic heterocycles. The van der Waals surface area contributed by atoms with Crippen molar-refractivity contribution in [2.45, 2.75) is 31.8 Å². The number of aryl methyl sites for hydroxylation is 2. The zero-order valence-corrected chi connectivity index (χ0v) is 17.5. The van der Waals surface area contributed by atoms with E-state index in [0.717, 1.165) is 15.4 Å². The summed E-state index contributed by atoms with van der Waals surface area (Å²) >= 11 is 5.93. The van der Waals surface area contributed by atoms with Gasteiger partial charge in [-0.3, -0.25) is 4.79 Å². The van der Waals surface area contributed by atoms with Crippen molar-refractivity contribution >= 4 is 33.2 Å². The Kier molecular flexibility index (Phi) is 6.51. The lowest BCUT2D eigenvalue weighted by atomic mass is 10.2. The predicted molar refractivity (Wildman–Crippen MR) is 107 cm³/mol. The van der Waals surface area contributed by atoms with Crippen LogP contribution in [-0.4, -0.2) is 38.8 Å². The number of benzene rings is 2. The van der Waals surface area contributed by atoms with Gasteiger partial charge in [-0.1, -0.05) is 17.7 Å². The van der Waals surface area contributed by atoms with Crippen LogP contribution in [-0.2, 0) is 14.8 Å². The van der Waals surface area contributed by atoms with Crippen LogP contribution < -0.4 is 10.1 Å². The van der Waals surface area contributed by atoms with Gasteiger partial charge in [0.05, 0.1) is 4.90 Å². The predicted octanol–water partition coefficient (Wildman–Crippen LogP) is 3.61. The highest BCUT2D eigenvalue weighted by Crippen LogP contribution is 2.24. The molecule has 2 aromatic carbocycles. The van der Waals surface area contributed by atoms with Crippen molar-refractivity contribution < 1.29 is 17.9 Å². The monoisotopic (exact) mass is 410 g/mol. The number of nitrogens with zero attached hydrogens (tertiary/aromatic N) is 1. The summed E-state index contributed by atoms with van der Waals surface area (Å²) in [6.07, 6.45) is -0.779. The second kappa shape index (κ2) is 8.29. The highest BCUT2D eigenvalue weighted by molar-refractivity contribution is 7.89. The Morgan fingerprint density at radius 2 is 1.78 bits per heavy atom. The van der Waals surface area contributed by atoms with E-state index in [4.69, 9.17) is 16.3 Å². The normalized spacial score (nSPS) is 12.7. The lowest BCUT2D eigenvalue weighted by molar-refractivity contribution is -0.122. The number of nitrogens with one attached hydrogen (secondary N) is 1. The Morgan fingerprint density at radius 3 is 2.37 bits per heavy atom. The molecule has 0 fully saturated rings. The van der Waals surface area contributed by atoms with Crippen LogP contribution in [0.25, 0.3) is 0 Å². The molecule has 2 rings (SSSR count). The molecular weight excluding hydrogens is 388 g/mol. The molecule has 146 valence electrons. The van der Waals surface area contributed by atoms with Gasteiger partial charge in [0.2, 0.25) is 10.0 Å². The summed E-state index contributed by atoms with van der Waals surface area (Å²) in [7, 11) is -0.680. The van der Waals surface area contributed by atoms with Crippen molar-refractivity contribution in [3.8, 4) is 5.75 Å². The summed E-state index contributed by atoms with van der Waals surface area (Å²) in [6, 6.07) is 9.76. The fourth-order valence-corrected chi connectivity index (χ4v) is 3.49. The van der Waals surface area contributed by atoms with E-state index in [2.05, 4.69) is 5.32 Å². The van der Waals surface area contributed by atoms with Gasteiger partial charge in [-0.15, -0.1) is 0 Å². The number of ether oxygens (including phenoxy) is 1. The van der Waals surface area contributed by atoms with Crippen molar-refractivity contribution in [3.05, 3.63) is 52.5 Å². The van der Waals surface area contributed by atoms with Crippen LogP contribution in [0.2, 0.25) is 5.02 Å². The Hall–Kier alpha value is -2.09. The van der Waals surface area contributed by atoms with Gasteiger partial charge in [0.1, 0.15) is 5.75 Å². The first-order valence-corrected chi connectivity index (χ1v) is 10.1. The quantitative estimate of drug-likeness (QED) is 0.789. The molecule has 0 heterocycles. The number of halogens is 1. The molecule has 0 radical (unpaired) electrons. The Morgan fingerprint density at radius 1 is 1.11 bits per heavy atom. The van der Waals surface area contributed by atoms with Gasteiger partial charge in [0.15, 0.2) is 6.10 Å². The number of amides is 1. The van der Waals surface area contributed by atoms with E-state index in [-0.39, 0.29) is 10.8 Å². The number of hydrogen-bond donors (Lipinski definition) is 1. The fraction of sp³-hybridized carbons (Fsp3) is 0.316. The van der Waals surface area contributed by atoms with E-state index in [1.165, 1.54) is 26.2 Å². The van der Waals surface area contributed by atoms with Gasteiger partial charge in [-0.25, -0.2) is 12.7 Å². The van der Waals surface area contributed by atoms with Crippen LogP contribution in [0.1, 0.15) is 18.1 Å². The minimum absolute atomic E-state index is 0.107. The molecule has 6 nitrogen and oxygen atoms in total. The lowest BCUT2D eigenvalue weighted by Crippen LogP contribution is -2.30. The SMILES string of the molecule is Cc1ccc(S(=O)(=O)N(C)C)cc1NC(=O)C(C)Oc1ccc(Cl)cc1C. The third-order valence-corrected chi connectivity index (χ3v) is 6.10. The van der Waals surface area contributed by atoms with Crippen molar-refractivity contribution in [1.82, 2.24) is 4.31 Å². The van der Waals surface area contributed by atoms with Crippen LogP contribution in [0.3, 0.4) is 0 Å². The van der Waals surface area contributed by atoms with Gasteiger partial charge in [-0.2, -0.15) is 0 Å². The van der Waals surface area contributed by atoms with Crippen molar-refractivity contribution in [2.75, 3.05) is 19.4 Å².